The molecule has 0 saturated carbocycles. The summed E-state index contributed by atoms with van der Waals surface area (Å²) in [5, 5.41) is -0.0639. The molecule has 8 heteroatoms. The number of nitrogen functional groups attached to an aromatic ring is 1. The van der Waals surface area contributed by atoms with Crippen LogP contribution in [0.1, 0.15) is 16.8 Å². The first-order valence-electron chi connectivity index (χ1n) is 4.79. The number of hydrogen-bond donors (Lipinski definition) is 2. The van der Waals surface area contributed by atoms with Crippen LogP contribution in [0.15, 0.2) is 12.1 Å². The molecule has 1 aromatic rings. The number of hydrogen-bond acceptors (Lipinski definition) is 3. The van der Waals surface area contributed by atoms with E-state index < -0.39 is 25.1 Å². The van der Waals surface area contributed by atoms with Gasteiger partial charge >= 0.3 is 6.18 Å². The van der Waals surface area contributed by atoms with Crippen molar-refractivity contribution in [1.29, 1.82) is 0 Å². The van der Waals surface area contributed by atoms with Crippen molar-refractivity contribution in [2.45, 2.75) is 12.6 Å². The Bertz CT molecular complexity index is 463. The van der Waals surface area contributed by atoms with Gasteiger partial charge in [-0.15, -0.1) is 0 Å². The molecule has 0 spiro atoms. The van der Waals surface area contributed by atoms with Gasteiger partial charge in [-0.05, 0) is 12.1 Å². The Balaban J connectivity index is 2.91. The number of anilines is 1. The van der Waals surface area contributed by atoms with E-state index in [0.717, 1.165) is 0 Å². The normalized spacial score (nSPS) is 11.3. The Kier molecular flexibility index (Phi) is 4.28. The van der Waals surface area contributed by atoms with E-state index in [1.807, 2.05) is 0 Å². The predicted molar refractivity (Wildman–Crippen MR) is 60.5 cm³/mol. The molecule has 0 atom stereocenters. The average Bonchev–Trinajstić information content (AvgIpc) is 2.18. The molecule has 4 nitrogen and oxygen atoms in total. The molecule has 100 valence electrons. The summed E-state index contributed by atoms with van der Waals surface area (Å²) in [6.07, 6.45) is -5.51. The highest BCUT2D eigenvalue weighted by Crippen LogP contribution is 2.32. The van der Waals surface area contributed by atoms with Gasteiger partial charge in [-0.1, -0.05) is 11.6 Å². The van der Waals surface area contributed by atoms with Crippen LogP contribution in [-0.2, 0) is 0 Å². The maximum atomic E-state index is 12.0. The third-order valence-corrected chi connectivity index (χ3v) is 2.24. The summed E-state index contributed by atoms with van der Waals surface area (Å²) in [6, 6.07) is 2.45. The lowest BCUT2D eigenvalue weighted by Crippen LogP contribution is -2.17. The monoisotopic (exact) mass is 282 g/mol. The number of primary amides is 1. The third-order valence-electron chi connectivity index (χ3n) is 1.96. The highest BCUT2D eigenvalue weighted by molar-refractivity contribution is 6.33. The zero-order valence-corrected chi connectivity index (χ0v) is 9.81. The lowest BCUT2D eigenvalue weighted by atomic mass is 10.1. The number of carbonyl (C=O) groups excluding carboxylic acids is 1. The minimum absolute atomic E-state index is 0.0639. The van der Waals surface area contributed by atoms with Crippen molar-refractivity contribution in [2.75, 3.05) is 12.3 Å². The maximum Gasteiger partial charge on any atom is 0.392 e. The molecule has 0 aliphatic rings. The predicted octanol–water partition coefficient (Wildman–Crippen LogP) is 2.35. The van der Waals surface area contributed by atoms with E-state index in [4.69, 9.17) is 27.8 Å². The minimum Gasteiger partial charge on any atom is -0.491 e. The fourth-order valence-electron chi connectivity index (χ4n) is 1.21. The van der Waals surface area contributed by atoms with Crippen LogP contribution in [0.3, 0.4) is 0 Å². The molecule has 1 amide bonds. The number of alkyl halides is 3. The smallest absolute Gasteiger partial charge is 0.392 e. The van der Waals surface area contributed by atoms with Gasteiger partial charge in [0, 0.05) is 5.69 Å². The Morgan fingerprint density at radius 1 is 1.39 bits per heavy atom. The van der Waals surface area contributed by atoms with Crippen molar-refractivity contribution in [1.82, 2.24) is 0 Å². The van der Waals surface area contributed by atoms with Crippen LogP contribution in [0.5, 0.6) is 5.75 Å². The zero-order chi connectivity index (χ0) is 13.9. The van der Waals surface area contributed by atoms with E-state index in [2.05, 4.69) is 0 Å². The van der Waals surface area contributed by atoms with E-state index in [0.29, 0.717) is 0 Å². The van der Waals surface area contributed by atoms with Crippen LogP contribution >= 0.6 is 11.6 Å². The first-order chi connectivity index (χ1) is 8.20. The summed E-state index contributed by atoms with van der Waals surface area (Å²) in [5.41, 5.74) is 10.5. The number of amides is 1. The van der Waals surface area contributed by atoms with Crippen molar-refractivity contribution in [3.05, 3.63) is 22.7 Å². The fourth-order valence-corrected chi connectivity index (χ4v) is 1.50. The second-order valence-electron chi connectivity index (χ2n) is 3.46. The topological polar surface area (TPSA) is 78.3 Å². The van der Waals surface area contributed by atoms with Gasteiger partial charge in [0.15, 0.2) is 5.75 Å². The highest BCUT2D eigenvalue weighted by atomic mass is 35.5. The van der Waals surface area contributed by atoms with Crippen LogP contribution < -0.4 is 16.2 Å². The lowest BCUT2D eigenvalue weighted by Gasteiger charge is -2.13. The second kappa shape index (κ2) is 5.34. The summed E-state index contributed by atoms with van der Waals surface area (Å²) >= 11 is 5.73. The van der Waals surface area contributed by atoms with Crippen LogP contribution in [0.2, 0.25) is 5.02 Å². The molecule has 18 heavy (non-hydrogen) atoms. The van der Waals surface area contributed by atoms with Gasteiger partial charge in [0.1, 0.15) is 0 Å². The van der Waals surface area contributed by atoms with Crippen molar-refractivity contribution in [3.63, 3.8) is 0 Å². The largest absolute Gasteiger partial charge is 0.491 e. The lowest BCUT2D eigenvalue weighted by molar-refractivity contribution is -0.139. The minimum atomic E-state index is -4.35. The van der Waals surface area contributed by atoms with Gasteiger partial charge in [0.25, 0.3) is 5.91 Å². The van der Waals surface area contributed by atoms with Crippen LogP contribution in [0.4, 0.5) is 18.9 Å². The van der Waals surface area contributed by atoms with E-state index in [1.54, 1.807) is 0 Å². The van der Waals surface area contributed by atoms with E-state index >= 15 is 0 Å². The molecule has 0 unspecified atom stereocenters. The third kappa shape index (κ3) is 3.99. The van der Waals surface area contributed by atoms with Crippen LogP contribution in [0.25, 0.3) is 0 Å². The summed E-state index contributed by atoms with van der Waals surface area (Å²) < 4.78 is 40.7. The summed E-state index contributed by atoms with van der Waals surface area (Å²) in [6.45, 7) is -0.659. The molecule has 1 aromatic carbocycles. The van der Waals surface area contributed by atoms with E-state index in [9.17, 15) is 18.0 Å². The number of ether oxygens (including phenoxy) is 1. The highest BCUT2D eigenvalue weighted by Gasteiger charge is 2.27. The molecule has 0 bridgehead atoms. The molecule has 0 aliphatic heterocycles. The van der Waals surface area contributed by atoms with Crippen molar-refractivity contribution in [2.24, 2.45) is 5.73 Å². The first-order valence-corrected chi connectivity index (χ1v) is 5.17. The molecule has 0 heterocycles. The Labute approximate surface area is 106 Å². The first kappa shape index (κ1) is 14.4. The van der Waals surface area contributed by atoms with Gasteiger partial charge in [0.05, 0.1) is 23.6 Å². The van der Waals surface area contributed by atoms with Crippen molar-refractivity contribution >= 4 is 23.2 Å². The standard InChI is InChI=1S/C10H10ClF3N2O2/c11-7-4-5(15)3-6(9(16)17)8(7)18-2-1-10(12,13)14/h3-4H,1-2,15H2,(H2,16,17). The van der Waals surface area contributed by atoms with Gasteiger partial charge < -0.3 is 16.2 Å². The molecule has 4 N–H and O–H groups in total. The summed E-state index contributed by atoms with van der Waals surface area (Å²) in [4.78, 5) is 11.1. The van der Waals surface area contributed by atoms with Crippen LogP contribution in [0, 0.1) is 0 Å². The number of rotatable bonds is 4. The summed E-state index contributed by atoms with van der Waals surface area (Å²) in [5.74, 6) is -1.08. The van der Waals surface area contributed by atoms with Gasteiger partial charge in [-0.25, -0.2) is 0 Å². The maximum absolute atomic E-state index is 12.0. The molecule has 0 fully saturated rings. The SMILES string of the molecule is NC(=O)c1cc(N)cc(Cl)c1OCCC(F)(F)F. The molecule has 0 radical (unpaired) electrons. The average molecular weight is 283 g/mol. The Morgan fingerprint density at radius 3 is 2.50 bits per heavy atom. The molecular weight excluding hydrogens is 273 g/mol. The zero-order valence-electron chi connectivity index (χ0n) is 9.05. The number of carbonyl (C=O) groups is 1. The fraction of sp³-hybridized carbons (Fsp3) is 0.300. The van der Waals surface area contributed by atoms with E-state index in [-0.39, 0.29) is 22.0 Å². The quantitative estimate of drug-likeness (QED) is 0.832. The van der Waals surface area contributed by atoms with Crippen molar-refractivity contribution < 1.29 is 22.7 Å². The number of benzene rings is 1. The van der Waals surface area contributed by atoms with Gasteiger partial charge in [-0.3, -0.25) is 4.79 Å². The molecular formula is C10H10ClF3N2O2. The van der Waals surface area contributed by atoms with Crippen molar-refractivity contribution in [3.8, 4) is 5.75 Å². The summed E-state index contributed by atoms with van der Waals surface area (Å²) in [7, 11) is 0. The number of nitrogens with two attached hydrogens (primary N) is 2. The van der Waals surface area contributed by atoms with E-state index in [1.165, 1.54) is 12.1 Å². The number of halogens is 4. The molecule has 0 aromatic heterocycles. The second-order valence-corrected chi connectivity index (χ2v) is 3.86. The Hall–Kier alpha value is -1.63. The molecule has 0 saturated heterocycles. The van der Waals surface area contributed by atoms with Gasteiger partial charge in [-0.2, -0.15) is 13.2 Å². The van der Waals surface area contributed by atoms with Crippen LogP contribution in [-0.4, -0.2) is 18.7 Å². The van der Waals surface area contributed by atoms with Gasteiger partial charge in [0.2, 0.25) is 0 Å². The Morgan fingerprint density at radius 2 is 2.00 bits per heavy atom. The molecule has 1 rings (SSSR count). The molecule has 0 aliphatic carbocycles.